The summed E-state index contributed by atoms with van der Waals surface area (Å²) in [6.07, 6.45) is 14.2. The number of carbonyl (C=O) groups is 5. The van der Waals surface area contributed by atoms with E-state index in [4.69, 9.17) is 28.4 Å². The van der Waals surface area contributed by atoms with Crippen molar-refractivity contribution in [3.05, 3.63) is 60.3 Å². The van der Waals surface area contributed by atoms with E-state index in [1.807, 2.05) is 58.1 Å². The zero-order chi connectivity index (χ0) is 50.3. The van der Waals surface area contributed by atoms with Crippen LogP contribution in [0.15, 0.2) is 60.3 Å². The number of aliphatic hydroxyl groups excluding tert-OH is 1. The first-order valence-corrected chi connectivity index (χ1v) is 25.0. The number of hydrogen-bond acceptors (Lipinski definition) is 13. The highest BCUT2D eigenvalue weighted by molar-refractivity contribution is 6.39. The second kappa shape index (κ2) is 27.1. The minimum absolute atomic E-state index is 0.0209. The van der Waals surface area contributed by atoms with Gasteiger partial charge in [-0.05, 0) is 107 Å². The lowest BCUT2D eigenvalue weighted by atomic mass is 9.78. The third-order valence-electron chi connectivity index (χ3n) is 14.9. The molecular formula is C54H83NO13. The molecule has 15 atom stereocenters. The summed E-state index contributed by atoms with van der Waals surface area (Å²) >= 11 is 0. The van der Waals surface area contributed by atoms with Gasteiger partial charge in [0, 0.05) is 58.5 Å². The Morgan fingerprint density at radius 2 is 1.62 bits per heavy atom. The van der Waals surface area contributed by atoms with Gasteiger partial charge >= 0.3 is 5.97 Å². The van der Waals surface area contributed by atoms with Crippen LogP contribution in [-0.2, 0) is 52.4 Å². The number of rotatable bonds is 9. The van der Waals surface area contributed by atoms with Crippen molar-refractivity contribution in [1.82, 2.24) is 4.90 Å². The molecule has 0 spiro atoms. The van der Waals surface area contributed by atoms with Gasteiger partial charge in [-0.2, -0.15) is 0 Å². The largest absolute Gasteiger partial charge is 0.460 e. The molecule has 1 aliphatic carbocycles. The van der Waals surface area contributed by atoms with Gasteiger partial charge in [0.05, 0.1) is 31.0 Å². The lowest BCUT2D eigenvalue weighted by Crippen LogP contribution is -2.61. The zero-order valence-electron chi connectivity index (χ0n) is 42.6. The smallest absolute Gasteiger partial charge is 0.329 e. The molecule has 3 heterocycles. The van der Waals surface area contributed by atoms with E-state index in [0.29, 0.717) is 63.5 Å². The van der Waals surface area contributed by atoms with Crippen LogP contribution in [-0.4, -0.2) is 133 Å². The standard InChI is InChI=1S/C54H83NO13/c1-12-26-66-44-24-22-40(30-47(44)64-10)29-36(5)46-32-43(56)35(4)28-38(7)49(58)50(65-11)48(57)37(6)27-33(2)18-14-13-15-19-34(3)45(63-9)31-41-23-21-39(8)54(62,68-41)51(59)52(60)55-25-17-16-20-42(55)53(61)67-46/h12-15,18-19,28,33,35-37,39-42,44-47,49-50,58,62H,1,16-17,20-27,29-32H2,2-11H3/b15-13+,18-14-,34-19+,38-28+/t33-,35-,36-,37-,39-,40-,41+,42+,44-,45+,46+,47-,49-,50+,54-/m1/s1. The summed E-state index contributed by atoms with van der Waals surface area (Å²) in [5, 5.41) is 23.5. The number of allylic oxidation sites excluding steroid dienone is 6. The molecule has 14 nitrogen and oxygen atoms in total. The molecule has 14 heteroatoms. The van der Waals surface area contributed by atoms with Gasteiger partial charge in [-0.3, -0.25) is 19.2 Å². The Kier molecular flexibility index (Phi) is 22.7. The molecule has 1 saturated carbocycles. The quantitative estimate of drug-likeness (QED) is 0.133. The third kappa shape index (κ3) is 15.2. The summed E-state index contributed by atoms with van der Waals surface area (Å²) in [7, 11) is 4.63. The van der Waals surface area contributed by atoms with Gasteiger partial charge < -0.3 is 43.5 Å². The number of nitrogens with zero attached hydrogens (tertiary/aromatic N) is 1. The lowest BCUT2D eigenvalue weighted by Gasteiger charge is -2.42. The predicted molar refractivity (Wildman–Crippen MR) is 259 cm³/mol. The SMILES string of the molecule is C=CCO[C@@H]1CC[C@H](C[C@@H](C)[C@@H]2CC(=O)[C@H](C)/C=C(\C)[C@@H](O)[C@@H](OC)C(=O)[C@H](C)C[C@H](C)\C=C/C=C/C=C(\C)[C@@H](OC)C[C@@H]3CC[C@@H](C)[C@@](O)(O3)C(=O)C(=O)N3CCCC[C@H]3C(=O)O2)C[C@H]1OC. The van der Waals surface area contributed by atoms with Gasteiger partial charge in [0.1, 0.15) is 30.1 Å². The first-order chi connectivity index (χ1) is 32.3. The van der Waals surface area contributed by atoms with E-state index in [1.165, 1.54) is 12.0 Å². The van der Waals surface area contributed by atoms with E-state index < -0.39 is 77.8 Å². The Morgan fingerprint density at radius 1 is 0.882 bits per heavy atom. The van der Waals surface area contributed by atoms with Crippen LogP contribution in [0.4, 0.5) is 0 Å². The fraction of sp³-hybridized carbons (Fsp3) is 0.722. The third-order valence-corrected chi connectivity index (χ3v) is 14.9. The number of ketones is 3. The van der Waals surface area contributed by atoms with Crippen LogP contribution in [0.1, 0.15) is 126 Å². The Hall–Kier alpha value is -3.63. The van der Waals surface area contributed by atoms with Crippen molar-refractivity contribution in [1.29, 1.82) is 0 Å². The maximum atomic E-state index is 14.5. The molecule has 3 fully saturated rings. The Labute approximate surface area is 405 Å². The van der Waals surface area contributed by atoms with Gasteiger partial charge in [-0.25, -0.2) is 4.79 Å². The molecule has 0 aromatic rings. The fourth-order valence-electron chi connectivity index (χ4n) is 10.5. The highest BCUT2D eigenvalue weighted by Gasteiger charge is 2.53. The molecule has 4 rings (SSSR count). The second-order valence-electron chi connectivity index (χ2n) is 20.2. The molecule has 2 saturated heterocycles. The average molecular weight is 954 g/mol. The summed E-state index contributed by atoms with van der Waals surface area (Å²) in [4.78, 5) is 72.2. The zero-order valence-corrected chi connectivity index (χ0v) is 42.6. The molecule has 2 bridgehead atoms. The summed E-state index contributed by atoms with van der Waals surface area (Å²) in [5.74, 6) is -7.81. The molecule has 0 unspecified atom stereocenters. The molecule has 4 aliphatic rings. The maximum absolute atomic E-state index is 14.5. The van der Waals surface area contributed by atoms with Gasteiger partial charge in [0.25, 0.3) is 11.7 Å². The number of amides is 1. The van der Waals surface area contributed by atoms with E-state index in [0.717, 1.165) is 18.4 Å². The van der Waals surface area contributed by atoms with Crippen LogP contribution in [0.2, 0.25) is 0 Å². The van der Waals surface area contributed by atoms with Crippen molar-refractivity contribution >= 4 is 29.2 Å². The Balaban J connectivity index is 1.70. The minimum atomic E-state index is -2.43. The monoisotopic (exact) mass is 954 g/mol. The highest BCUT2D eigenvalue weighted by atomic mass is 16.6. The molecule has 2 N–H and O–H groups in total. The van der Waals surface area contributed by atoms with Gasteiger partial charge in [0.15, 0.2) is 5.78 Å². The molecule has 68 heavy (non-hydrogen) atoms. The van der Waals surface area contributed by atoms with Crippen molar-refractivity contribution < 1.29 is 62.6 Å². The van der Waals surface area contributed by atoms with Crippen LogP contribution in [0.3, 0.4) is 0 Å². The van der Waals surface area contributed by atoms with Crippen LogP contribution in [0.25, 0.3) is 0 Å². The number of piperidine rings is 1. The average Bonchev–Trinajstić information content (AvgIpc) is 3.32. The van der Waals surface area contributed by atoms with Crippen LogP contribution >= 0.6 is 0 Å². The number of hydrogen-bond donors (Lipinski definition) is 2. The van der Waals surface area contributed by atoms with Gasteiger partial charge in [-0.1, -0.05) is 77.2 Å². The Bertz CT molecular complexity index is 1840. The molecular weight excluding hydrogens is 871 g/mol. The number of Topliss-reactive ketones (excluding diaryl/α,β-unsaturated/α-hetero) is 3. The minimum Gasteiger partial charge on any atom is -0.460 e. The van der Waals surface area contributed by atoms with Crippen LogP contribution < -0.4 is 0 Å². The summed E-state index contributed by atoms with van der Waals surface area (Å²) < 4.78 is 35.8. The first kappa shape index (κ1) is 57.0. The van der Waals surface area contributed by atoms with Crippen molar-refractivity contribution in [3.63, 3.8) is 0 Å². The number of aliphatic hydroxyl groups is 2. The van der Waals surface area contributed by atoms with E-state index in [-0.39, 0.29) is 60.9 Å². The fourth-order valence-corrected chi connectivity index (χ4v) is 10.5. The van der Waals surface area contributed by atoms with Crippen molar-refractivity contribution in [2.24, 2.45) is 35.5 Å². The number of esters is 1. The van der Waals surface area contributed by atoms with Gasteiger partial charge in [0.2, 0.25) is 5.79 Å². The van der Waals surface area contributed by atoms with Crippen LogP contribution in [0, 0.1) is 35.5 Å². The first-order valence-electron chi connectivity index (χ1n) is 25.0. The number of fused-ring (bicyclic) bond motifs is 3. The molecule has 0 radical (unpaired) electrons. The summed E-state index contributed by atoms with van der Waals surface area (Å²) in [5.41, 5.74) is 1.28. The summed E-state index contributed by atoms with van der Waals surface area (Å²) in [6.45, 7) is 17.0. The van der Waals surface area contributed by atoms with Crippen LogP contribution in [0.5, 0.6) is 0 Å². The molecule has 382 valence electrons. The van der Waals surface area contributed by atoms with E-state index in [9.17, 15) is 34.2 Å². The molecule has 0 aromatic carbocycles. The number of methoxy groups -OCH3 is 3. The van der Waals surface area contributed by atoms with Crippen molar-refractivity contribution in [2.45, 2.75) is 180 Å². The topological polar surface area (TPSA) is 184 Å². The predicted octanol–water partition coefficient (Wildman–Crippen LogP) is 7.39. The number of ether oxygens (including phenoxy) is 6. The van der Waals surface area contributed by atoms with E-state index >= 15 is 0 Å². The second-order valence-corrected chi connectivity index (χ2v) is 20.2. The normalized spacial score (nSPS) is 39.1. The number of carbonyl (C=O) groups excluding carboxylic acids is 5. The molecule has 0 aromatic heterocycles. The van der Waals surface area contributed by atoms with Gasteiger partial charge in [-0.15, -0.1) is 6.58 Å². The maximum Gasteiger partial charge on any atom is 0.329 e. The highest BCUT2D eigenvalue weighted by Crippen LogP contribution is 2.38. The molecule has 1 amide bonds. The Morgan fingerprint density at radius 3 is 2.29 bits per heavy atom. The molecule has 3 aliphatic heterocycles. The van der Waals surface area contributed by atoms with Crippen molar-refractivity contribution in [3.8, 4) is 0 Å². The van der Waals surface area contributed by atoms with E-state index in [1.54, 1.807) is 47.1 Å². The number of cyclic esters (lactones) is 1. The lowest BCUT2D eigenvalue weighted by molar-refractivity contribution is -0.265. The van der Waals surface area contributed by atoms with E-state index in [2.05, 4.69) is 6.58 Å². The summed E-state index contributed by atoms with van der Waals surface area (Å²) in [6, 6.07) is -1.13. The van der Waals surface area contributed by atoms with Crippen molar-refractivity contribution in [2.75, 3.05) is 34.5 Å².